The molecule has 0 N–H and O–H groups in total. The number of rotatable bonds is 2. The number of para-hydroxylation sites is 2. The van der Waals surface area contributed by atoms with Crippen molar-refractivity contribution in [3.63, 3.8) is 0 Å². The molecule has 2 aromatic heterocycles. The van der Waals surface area contributed by atoms with Crippen LogP contribution in [-0.2, 0) is 0 Å². The molecule has 96 valence electrons. The molecule has 4 rings (SSSR count). The van der Waals surface area contributed by atoms with Crippen molar-refractivity contribution in [3.8, 4) is 17.1 Å². The Kier molecular flexibility index (Phi) is 2.42. The van der Waals surface area contributed by atoms with Crippen molar-refractivity contribution in [1.82, 2.24) is 9.78 Å². The summed E-state index contributed by atoms with van der Waals surface area (Å²) in [6.45, 7) is 0. The first-order valence-electron chi connectivity index (χ1n) is 6.50. The summed E-state index contributed by atoms with van der Waals surface area (Å²) in [6.07, 6.45) is 1.79. The standard InChI is InChI=1S/C17H12N2O/c1-2-7-14(8-3-1)19-15(10-11-18-19)17-12-13-6-4-5-9-16(13)20-17/h1-12H. The highest BCUT2D eigenvalue weighted by molar-refractivity contribution is 5.82. The fourth-order valence-corrected chi connectivity index (χ4v) is 2.37. The van der Waals surface area contributed by atoms with E-state index in [9.17, 15) is 0 Å². The van der Waals surface area contributed by atoms with Gasteiger partial charge in [0, 0.05) is 5.39 Å². The van der Waals surface area contributed by atoms with Crippen molar-refractivity contribution >= 4 is 11.0 Å². The third-order valence-electron chi connectivity index (χ3n) is 3.32. The van der Waals surface area contributed by atoms with Crippen LogP contribution in [0.25, 0.3) is 28.1 Å². The molecule has 3 heteroatoms. The fourth-order valence-electron chi connectivity index (χ4n) is 2.37. The van der Waals surface area contributed by atoms with E-state index < -0.39 is 0 Å². The van der Waals surface area contributed by atoms with Gasteiger partial charge in [-0.15, -0.1) is 0 Å². The molecule has 0 atom stereocenters. The highest BCUT2D eigenvalue weighted by Gasteiger charge is 2.11. The van der Waals surface area contributed by atoms with Crippen LogP contribution in [0.3, 0.4) is 0 Å². The molecule has 0 spiro atoms. The summed E-state index contributed by atoms with van der Waals surface area (Å²) in [7, 11) is 0. The van der Waals surface area contributed by atoms with Gasteiger partial charge in [-0.1, -0.05) is 36.4 Å². The van der Waals surface area contributed by atoms with Crippen molar-refractivity contribution in [1.29, 1.82) is 0 Å². The van der Waals surface area contributed by atoms with Gasteiger partial charge in [-0.25, -0.2) is 4.68 Å². The zero-order valence-electron chi connectivity index (χ0n) is 10.7. The lowest BCUT2D eigenvalue weighted by Gasteiger charge is -2.04. The maximum Gasteiger partial charge on any atom is 0.153 e. The van der Waals surface area contributed by atoms with Crippen LogP contribution < -0.4 is 0 Å². The lowest BCUT2D eigenvalue weighted by Crippen LogP contribution is -1.97. The van der Waals surface area contributed by atoms with Gasteiger partial charge in [-0.2, -0.15) is 5.10 Å². The van der Waals surface area contributed by atoms with Crippen molar-refractivity contribution < 1.29 is 4.42 Å². The highest BCUT2D eigenvalue weighted by Crippen LogP contribution is 2.28. The van der Waals surface area contributed by atoms with Gasteiger partial charge in [-0.05, 0) is 30.3 Å². The van der Waals surface area contributed by atoms with E-state index in [0.29, 0.717) is 0 Å². The molecule has 2 heterocycles. The number of nitrogens with zero attached hydrogens (tertiary/aromatic N) is 2. The van der Waals surface area contributed by atoms with Crippen LogP contribution in [0.1, 0.15) is 0 Å². The Balaban J connectivity index is 1.89. The second kappa shape index (κ2) is 4.38. The van der Waals surface area contributed by atoms with E-state index in [1.165, 1.54) is 0 Å². The smallest absolute Gasteiger partial charge is 0.153 e. The molecule has 0 amide bonds. The van der Waals surface area contributed by atoms with E-state index in [-0.39, 0.29) is 0 Å². The maximum absolute atomic E-state index is 5.91. The van der Waals surface area contributed by atoms with E-state index in [1.807, 2.05) is 71.4 Å². The van der Waals surface area contributed by atoms with Crippen LogP contribution in [0.4, 0.5) is 0 Å². The molecule has 0 aliphatic carbocycles. The van der Waals surface area contributed by atoms with Crippen molar-refractivity contribution in [2.75, 3.05) is 0 Å². The molecule has 0 radical (unpaired) electrons. The minimum Gasteiger partial charge on any atom is -0.454 e. The number of benzene rings is 2. The maximum atomic E-state index is 5.91. The molecular formula is C17H12N2O. The molecule has 0 aliphatic rings. The normalized spacial score (nSPS) is 11.0. The van der Waals surface area contributed by atoms with Gasteiger partial charge in [0.05, 0.1) is 11.9 Å². The van der Waals surface area contributed by atoms with E-state index in [1.54, 1.807) is 6.20 Å². The predicted molar refractivity (Wildman–Crippen MR) is 78.8 cm³/mol. The zero-order valence-corrected chi connectivity index (χ0v) is 10.7. The number of furan rings is 1. The zero-order chi connectivity index (χ0) is 13.4. The predicted octanol–water partition coefficient (Wildman–Crippen LogP) is 4.29. The molecule has 3 nitrogen and oxygen atoms in total. The average molecular weight is 260 g/mol. The molecule has 0 saturated heterocycles. The summed E-state index contributed by atoms with van der Waals surface area (Å²) >= 11 is 0. The number of hydrogen-bond acceptors (Lipinski definition) is 2. The largest absolute Gasteiger partial charge is 0.454 e. The summed E-state index contributed by atoms with van der Waals surface area (Å²) in [4.78, 5) is 0. The van der Waals surface area contributed by atoms with E-state index in [2.05, 4.69) is 5.10 Å². The van der Waals surface area contributed by atoms with Gasteiger partial charge < -0.3 is 4.42 Å². The van der Waals surface area contributed by atoms with Crippen molar-refractivity contribution in [3.05, 3.63) is 72.9 Å². The molecule has 2 aromatic carbocycles. The van der Waals surface area contributed by atoms with Crippen LogP contribution >= 0.6 is 0 Å². The first-order chi connectivity index (χ1) is 9.92. The lowest BCUT2D eigenvalue weighted by atomic mass is 10.2. The molecular weight excluding hydrogens is 248 g/mol. The molecule has 0 saturated carbocycles. The Morgan fingerprint density at radius 1 is 0.850 bits per heavy atom. The quantitative estimate of drug-likeness (QED) is 0.538. The summed E-state index contributed by atoms with van der Waals surface area (Å²) in [6, 6.07) is 22.1. The van der Waals surface area contributed by atoms with E-state index in [0.717, 1.165) is 28.1 Å². The third kappa shape index (κ3) is 1.72. The van der Waals surface area contributed by atoms with Crippen LogP contribution in [0.15, 0.2) is 77.3 Å². The molecule has 0 unspecified atom stereocenters. The summed E-state index contributed by atoms with van der Waals surface area (Å²) in [5.41, 5.74) is 2.86. The molecule has 20 heavy (non-hydrogen) atoms. The molecule has 0 fully saturated rings. The number of hydrogen-bond donors (Lipinski definition) is 0. The monoisotopic (exact) mass is 260 g/mol. The Morgan fingerprint density at radius 3 is 2.50 bits per heavy atom. The summed E-state index contributed by atoms with van der Waals surface area (Å²) < 4.78 is 7.80. The van der Waals surface area contributed by atoms with Gasteiger partial charge in [-0.3, -0.25) is 0 Å². The first kappa shape index (κ1) is 11.1. The third-order valence-corrected chi connectivity index (χ3v) is 3.32. The van der Waals surface area contributed by atoms with E-state index >= 15 is 0 Å². The number of fused-ring (bicyclic) bond motifs is 1. The molecule has 4 aromatic rings. The van der Waals surface area contributed by atoms with Gasteiger partial charge in [0.15, 0.2) is 5.76 Å². The minimum absolute atomic E-state index is 0.826. The first-order valence-corrected chi connectivity index (χ1v) is 6.50. The van der Waals surface area contributed by atoms with Gasteiger partial charge >= 0.3 is 0 Å². The van der Waals surface area contributed by atoms with Gasteiger partial charge in [0.25, 0.3) is 0 Å². The van der Waals surface area contributed by atoms with Gasteiger partial charge in [0.2, 0.25) is 0 Å². The summed E-state index contributed by atoms with van der Waals surface area (Å²) in [5, 5.41) is 5.49. The topological polar surface area (TPSA) is 31.0 Å². The fraction of sp³-hybridized carbons (Fsp3) is 0. The Morgan fingerprint density at radius 2 is 1.65 bits per heavy atom. The Hall–Kier alpha value is -2.81. The van der Waals surface area contributed by atoms with Crippen molar-refractivity contribution in [2.45, 2.75) is 0 Å². The van der Waals surface area contributed by atoms with Gasteiger partial charge in [0.1, 0.15) is 11.3 Å². The Labute approximate surface area is 116 Å². The molecule has 0 bridgehead atoms. The van der Waals surface area contributed by atoms with Crippen LogP contribution in [-0.4, -0.2) is 9.78 Å². The molecule has 0 aliphatic heterocycles. The van der Waals surface area contributed by atoms with Crippen LogP contribution in [0.5, 0.6) is 0 Å². The average Bonchev–Trinajstić information content (AvgIpc) is 3.14. The van der Waals surface area contributed by atoms with Crippen LogP contribution in [0, 0.1) is 0 Å². The SMILES string of the molecule is c1ccc(-n2nccc2-c2cc3ccccc3o2)cc1. The lowest BCUT2D eigenvalue weighted by molar-refractivity contribution is 0.624. The van der Waals surface area contributed by atoms with E-state index in [4.69, 9.17) is 4.42 Å². The second-order valence-electron chi connectivity index (χ2n) is 4.61. The van der Waals surface area contributed by atoms with Crippen LogP contribution in [0.2, 0.25) is 0 Å². The summed E-state index contributed by atoms with van der Waals surface area (Å²) in [5.74, 6) is 0.826. The highest BCUT2D eigenvalue weighted by atomic mass is 16.3. The second-order valence-corrected chi connectivity index (χ2v) is 4.61. The number of aromatic nitrogens is 2. The minimum atomic E-state index is 0.826. The Bertz CT molecular complexity index is 826. The van der Waals surface area contributed by atoms with Crippen molar-refractivity contribution in [2.24, 2.45) is 0 Å².